The molecule has 33 heavy (non-hydrogen) atoms. The van der Waals surface area contributed by atoms with Crippen molar-refractivity contribution in [1.29, 1.82) is 0 Å². The molecule has 170 valence electrons. The highest BCUT2D eigenvalue weighted by molar-refractivity contribution is 5.89. The molecule has 0 saturated heterocycles. The maximum atomic E-state index is 14.5. The van der Waals surface area contributed by atoms with E-state index in [4.69, 9.17) is 10.5 Å². The van der Waals surface area contributed by atoms with Gasteiger partial charge in [0.25, 0.3) is 5.69 Å². The molecular weight excluding hydrogens is 447 g/mol. The van der Waals surface area contributed by atoms with Crippen molar-refractivity contribution in [3.63, 3.8) is 0 Å². The predicted octanol–water partition coefficient (Wildman–Crippen LogP) is 4.68. The maximum Gasteiger partial charge on any atom is 0.420 e. The van der Waals surface area contributed by atoms with E-state index < -0.39 is 46.8 Å². The molecule has 0 aliphatic carbocycles. The zero-order chi connectivity index (χ0) is 24.1. The standard InChI is InChI=1S/C21H14F3N3O6/c22-16-2-1-3-18(19(16)24)26(11-12-4-7-15(10-17(12)23)32-20(25)28)21(29)33-14-8-5-13(6-9-14)27(30)31/h1-10H,11H2,(H2,25,28). The Bertz CT molecular complexity index is 1220. The quantitative estimate of drug-likeness (QED) is 0.420. The Hall–Kier alpha value is -4.61. The lowest BCUT2D eigenvalue weighted by atomic mass is 10.1. The molecular formula is C21H14F3N3O6. The first kappa shape index (κ1) is 23.1. The van der Waals surface area contributed by atoms with Gasteiger partial charge in [0.1, 0.15) is 17.3 Å². The number of nitrogens with zero attached hydrogens (tertiary/aromatic N) is 2. The summed E-state index contributed by atoms with van der Waals surface area (Å²) in [6, 6.07) is 10.6. The van der Waals surface area contributed by atoms with Gasteiger partial charge >= 0.3 is 12.2 Å². The molecule has 0 radical (unpaired) electrons. The number of rotatable bonds is 6. The largest absolute Gasteiger partial charge is 0.420 e. The van der Waals surface area contributed by atoms with Crippen molar-refractivity contribution >= 4 is 23.6 Å². The van der Waals surface area contributed by atoms with Crippen LogP contribution in [-0.4, -0.2) is 17.1 Å². The second-order valence-electron chi connectivity index (χ2n) is 6.45. The zero-order valence-electron chi connectivity index (χ0n) is 16.5. The van der Waals surface area contributed by atoms with Gasteiger partial charge in [0.15, 0.2) is 11.6 Å². The smallest absolute Gasteiger partial charge is 0.410 e. The van der Waals surface area contributed by atoms with Gasteiger partial charge in [-0.25, -0.2) is 22.8 Å². The number of hydrogen-bond acceptors (Lipinski definition) is 6. The van der Waals surface area contributed by atoms with Gasteiger partial charge in [-0.3, -0.25) is 15.0 Å². The molecule has 0 fully saturated rings. The van der Waals surface area contributed by atoms with E-state index in [1.165, 1.54) is 6.07 Å². The fourth-order valence-corrected chi connectivity index (χ4v) is 2.75. The topological polar surface area (TPSA) is 125 Å². The van der Waals surface area contributed by atoms with Crippen molar-refractivity contribution in [3.05, 3.63) is 93.8 Å². The predicted molar refractivity (Wildman–Crippen MR) is 108 cm³/mol. The summed E-state index contributed by atoms with van der Waals surface area (Å²) in [6.07, 6.45) is -2.39. The van der Waals surface area contributed by atoms with Crippen molar-refractivity contribution in [2.24, 2.45) is 5.73 Å². The van der Waals surface area contributed by atoms with Crippen LogP contribution in [0.3, 0.4) is 0 Å². The first-order valence-corrected chi connectivity index (χ1v) is 9.09. The summed E-state index contributed by atoms with van der Waals surface area (Å²) in [5.41, 5.74) is 3.91. The monoisotopic (exact) mass is 461 g/mol. The van der Waals surface area contributed by atoms with E-state index in [0.717, 1.165) is 54.6 Å². The average Bonchev–Trinajstić information content (AvgIpc) is 2.75. The number of hydrogen-bond donors (Lipinski definition) is 1. The van der Waals surface area contributed by atoms with E-state index in [0.29, 0.717) is 4.90 Å². The molecule has 2 amide bonds. The highest BCUT2D eigenvalue weighted by Gasteiger charge is 2.25. The van der Waals surface area contributed by atoms with Crippen LogP contribution in [0.4, 0.5) is 34.1 Å². The Balaban J connectivity index is 1.93. The summed E-state index contributed by atoms with van der Waals surface area (Å²) >= 11 is 0. The van der Waals surface area contributed by atoms with Crippen LogP contribution in [0, 0.1) is 27.6 Å². The molecule has 3 aromatic carbocycles. The summed E-state index contributed by atoms with van der Waals surface area (Å²) in [7, 11) is 0. The van der Waals surface area contributed by atoms with Crippen LogP contribution in [0.2, 0.25) is 0 Å². The molecule has 3 rings (SSSR count). The lowest BCUT2D eigenvalue weighted by Crippen LogP contribution is -2.34. The van der Waals surface area contributed by atoms with Gasteiger partial charge in [0.2, 0.25) is 0 Å². The van der Waals surface area contributed by atoms with Crippen molar-refractivity contribution < 1.29 is 37.2 Å². The Labute approximate surface area is 183 Å². The number of nitro benzene ring substituents is 1. The number of benzene rings is 3. The Morgan fingerprint density at radius 2 is 1.61 bits per heavy atom. The van der Waals surface area contributed by atoms with E-state index in [1.807, 2.05) is 0 Å². The van der Waals surface area contributed by atoms with E-state index in [1.54, 1.807) is 0 Å². The molecule has 0 unspecified atom stereocenters. The minimum absolute atomic E-state index is 0.127. The SMILES string of the molecule is NC(=O)Oc1ccc(CN(C(=O)Oc2ccc([N+](=O)[O-])cc2)c2cccc(F)c2F)c(F)c1. The van der Waals surface area contributed by atoms with Crippen molar-refractivity contribution in [2.75, 3.05) is 4.90 Å². The number of halogens is 3. The average molecular weight is 461 g/mol. The second-order valence-corrected chi connectivity index (χ2v) is 6.45. The van der Waals surface area contributed by atoms with E-state index in [9.17, 15) is 32.9 Å². The third-order valence-electron chi connectivity index (χ3n) is 4.27. The molecule has 0 saturated carbocycles. The molecule has 0 bridgehead atoms. The molecule has 3 aromatic rings. The number of carbonyl (C=O) groups is 2. The summed E-state index contributed by atoms with van der Waals surface area (Å²) in [6.45, 7) is -0.602. The number of nitro groups is 1. The number of amides is 2. The normalized spacial score (nSPS) is 10.4. The van der Waals surface area contributed by atoms with Crippen LogP contribution >= 0.6 is 0 Å². The first-order valence-electron chi connectivity index (χ1n) is 9.09. The van der Waals surface area contributed by atoms with Gasteiger partial charge in [-0.05, 0) is 30.3 Å². The summed E-state index contributed by atoms with van der Waals surface area (Å²) in [5.74, 6) is -3.91. The van der Waals surface area contributed by atoms with Crippen LogP contribution < -0.4 is 20.1 Å². The summed E-state index contributed by atoms with van der Waals surface area (Å²) in [5, 5.41) is 10.8. The summed E-state index contributed by atoms with van der Waals surface area (Å²) < 4.78 is 52.4. The molecule has 9 nitrogen and oxygen atoms in total. The molecule has 0 atom stereocenters. The highest BCUT2D eigenvalue weighted by Crippen LogP contribution is 2.27. The van der Waals surface area contributed by atoms with Crippen LogP contribution in [-0.2, 0) is 6.54 Å². The molecule has 0 aliphatic rings. The number of ether oxygens (including phenoxy) is 2. The number of primary amides is 1. The Morgan fingerprint density at radius 1 is 0.939 bits per heavy atom. The van der Waals surface area contributed by atoms with Gasteiger partial charge < -0.3 is 15.2 Å². The second kappa shape index (κ2) is 9.68. The van der Waals surface area contributed by atoms with Crippen molar-refractivity contribution in [3.8, 4) is 11.5 Å². The van der Waals surface area contributed by atoms with Crippen LogP contribution in [0.1, 0.15) is 5.56 Å². The van der Waals surface area contributed by atoms with E-state index >= 15 is 0 Å². The van der Waals surface area contributed by atoms with Crippen LogP contribution in [0.25, 0.3) is 0 Å². The fraction of sp³-hybridized carbons (Fsp3) is 0.0476. The van der Waals surface area contributed by atoms with Crippen molar-refractivity contribution in [1.82, 2.24) is 0 Å². The molecule has 0 spiro atoms. The zero-order valence-corrected chi connectivity index (χ0v) is 16.5. The van der Waals surface area contributed by atoms with Crippen LogP contribution in [0.5, 0.6) is 11.5 Å². The Kier molecular flexibility index (Phi) is 6.77. The van der Waals surface area contributed by atoms with E-state index in [2.05, 4.69) is 4.74 Å². The van der Waals surface area contributed by atoms with Gasteiger partial charge in [0.05, 0.1) is 17.2 Å². The number of anilines is 1. The molecule has 0 heterocycles. The Morgan fingerprint density at radius 3 is 2.21 bits per heavy atom. The summed E-state index contributed by atoms with van der Waals surface area (Å²) in [4.78, 5) is 34.3. The fourth-order valence-electron chi connectivity index (χ4n) is 2.75. The van der Waals surface area contributed by atoms with Gasteiger partial charge in [-0.1, -0.05) is 12.1 Å². The van der Waals surface area contributed by atoms with Crippen LogP contribution in [0.15, 0.2) is 60.7 Å². The van der Waals surface area contributed by atoms with Crippen molar-refractivity contribution in [2.45, 2.75) is 6.54 Å². The maximum absolute atomic E-state index is 14.5. The van der Waals surface area contributed by atoms with Gasteiger partial charge in [-0.15, -0.1) is 0 Å². The number of non-ortho nitro benzene ring substituents is 1. The van der Waals surface area contributed by atoms with Gasteiger partial charge in [-0.2, -0.15) is 0 Å². The van der Waals surface area contributed by atoms with Gasteiger partial charge in [0, 0.05) is 23.8 Å². The molecule has 0 aliphatic heterocycles. The lowest BCUT2D eigenvalue weighted by Gasteiger charge is -2.23. The third kappa shape index (κ3) is 5.55. The molecule has 12 heteroatoms. The molecule has 0 aromatic heterocycles. The number of carbonyl (C=O) groups excluding carboxylic acids is 2. The molecule has 2 N–H and O–H groups in total. The van der Waals surface area contributed by atoms with E-state index in [-0.39, 0.29) is 22.7 Å². The first-order chi connectivity index (χ1) is 15.7. The highest BCUT2D eigenvalue weighted by atomic mass is 19.2. The minimum Gasteiger partial charge on any atom is -0.410 e. The number of nitrogens with two attached hydrogens (primary N) is 1. The third-order valence-corrected chi connectivity index (χ3v) is 4.27. The lowest BCUT2D eigenvalue weighted by molar-refractivity contribution is -0.384. The minimum atomic E-state index is -1.38.